The summed E-state index contributed by atoms with van der Waals surface area (Å²) in [6.45, 7) is 5.31. The number of benzene rings is 2. The van der Waals surface area contributed by atoms with Crippen LogP contribution >= 0.6 is 0 Å². The molecule has 0 aromatic heterocycles. The van der Waals surface area contributed by atoms with Crippen molar-refractivity contribution in [1.29, 1.82) is 0 Å². The maximum Gasteiger partial charge on any atom is 0.244 e. The van der Waals surface area contributed by atoms with Crippen molar-refractivity contribution in [1.82, 2.24) is 10.2 Å². The Labute approximate surface area is 218 Å². The molecular formula is C26H35N3O7S. The van der Waals surface area contributed by atoms with Crippen LogP contribution in [0.2, 0.25) is 0 Å². The Morgan fingerprint density at radius 3 is 2.46 bits per heavy atom. The van der Waals surface area contributed by atoms with Crippen LogP contribution < -0.4 is 23.8 Å². The van der Waals surface area contributed by atoms with Crippen molar-refractivity contribution in [3.05, 3.63) is 48.0 Å². The fraction of sp³-hybridized carbons (Fsp3) is 0.462. The molecule has 2 amide bonds. The number of sulfonamides is 1. The highest BCUT2D eigenvalue weighted by Crippen LogP contribution is 2.36. The van der Waals surface area contributed by atoms with Crippen LogP contribution in [0.25, 0.3) is 0 Å². The number of ether oxygens (including phenoxy) is 3. The zero-order valence-corrected chi connectivity index (χ0v) is 22.7. The van der Waals surface area contributed by atoms with Crippen molar-refractivity contribution in [3.8, 4) is 17.2 Å². The summed E-state index contributed by atoms with van der Waals surface area (Å²) in [5, 5.41) is 2.95. The lowest BCUT2D eigenvalue weighted by Gasteiger charge is -2.33. The van der Waals surface area contributed by atoms with E-state index in [-0.39, 0.29) is 31.0 Å². The van der Waals surface area contributed by atoms with Crippen LogP contribution in [0.4, 0.5) is 5.69 Å². The predicted molar refractivity (Wildman–Crippen MR) is 140 cm³/mol. The summed E-state index contributed by atoms with van der Waals surface area (Å²) < 4.78 is 42.6. The topological polar surface area (TPSA) is 114 Å². The standard InChI is InChI=1S/C26H35N3O7S/c1-6-18(3)27-26(31)22(7-2)28(15-19-9-8-10-21(13-19)34-4)25(30)16-29(37(5,32)33)20-11-12-23-24(14-20)36-17-35-23/h8-14,18,22H,6-7,15-17H2,1-5H3,(H,27,31). The van der Waals surface area contributed by atoms with E-state index in [1.165, 1.54) is 11.0 Å². The average Bonchev–Trinajstić information content (AvgIpc) is 3.34. The third kappa shape index (κ3) is 7.06. The number of rotatable bonds is 12. The number of fused-ring (bicyclic) bond motifs is 1. The monoisotopic (exact) mass is 533 g/mol. The van der Waals surface area contributed by atoms with Gasteiger partial charge in [0.15, 0.2) is 11.5 Å². The molecule has 0 radical (unpaired) electrons. The third-order valence-corrected chi connectivity index (χ3v) is 7.34. The molecule has 202 valence electrons. The number of carbonyl (C=O) groups is 2. The zero-order valence-electron chi connectivity index (χ0n) is 21.9. The van der Waals surface area contributed by atoms with Crippen molar-refractivity contribution in [2.75, 3.05) is 31.0 Å². The van der Waals surface area contributed by atoms with Crippen molar-refractivity contribution in [2.45, 2.75) is 52.2 Å². The van der Waals surface area contributed by atoms with Gasteiger partial charge >= 0.3 is 0 Å². The summed E-state index contributed by atoms with van der Waals surface area (Å²) in [5.41, 5.74) is 1.01. The van der Waals surface area contributed by atoms with E-state index in [0.29, 0.717) is 23.7 Å². The largest absolute Gasteiger partial charge is 0.497 e. The third-order valence-electron chi connectivity index (χ3n) is 6.20. The van der Waals surface area contributed by atoms with Crippen molar-refractivity contribution in [3.63, 3.8) is 0 Å². The molecule has 0 saturated heterocycles. The van der Waals surface area contributed by atoms with Gasteiger partial charge in [0.25, 0.3) is 0 Å². The minimum atomic E-state index is -3.85. The number of hydrogen-bond acceptors (Lipinski definition) is 7. The number of nitrogens with zero attached hydrogens (tertiary/aromatic N) is 2. The van der Waals surface area contributed by atoms with Crippen molar-refractivity contribution in [2.24, 2.45) is 0 Å². The molecule has 0 spiro atoms. The molecule has 2 unspecified atom stereocenters. The van der Waals surface area contributed by atoms with Crippen LogP contribution in [-0.2, 0) is 26.2 Å². The minimum Gasteiger partial charge on any atom is -0.497 e. The van der Waals surface area contributed by atoms with Crippen LogP contribution in [-0.4, -0.2) is 63.9 Å². The van der Waals surface area contributed by atoms with Gasteiger partial charge in [-0.15, -0.1) is 0 Å². The van der Waals surface area contributed by atoms with Gasteiger partial charge in [0.1, 0.15) is 18.3 Å². The van der Waals surface area contributed by atoms with Crippen LogP contribution in [0, 0.1) is 0 Å². The summed E-state index contributed by atoms with van der Waals surface area (Å²) in [5.74, 6) is 0.696. The van der Waals surface area contributed by atoms with Gasteiger partial charge in [-0.25, -0.2) is 8.42 Å². The van der Waals surface area contributed by atoms with Gasteiger partial charge in [-0.2, -0.15) is 0 Å². The predicted octanol–water partition coefficient (Wildman–Crippen LogP) is 2.91. The fourth-order valence-electron chi connectivity index (χ4n) is 3.98. The first-order valence-electron chi connectivity index (χ1n) is 12.2. The highest BCUT2D eigenvalue weighted by Gasteiger charge is 2.32. The van der Waals surface area contributed by atoms with E-state index in [2.05, 4.69) is 5.32 Å². The molecule has 0 bridgehead atoms. The normalized spacial score (nSPS) is 14.0. The summed E-state index contributed by atoms with van der Waals surface area (Å²) in [7, 11) is -2.31. The van der Waals surface area contributed by atoms with E-state index in [1.54, 1.807) is 37.4 Å². The van der Waals surface area contributed by atoms with Gasteiger partial charge in [-0.3, -0.25) is 13.9 Å². The lowest BCUT2D eigenvalue weighted by Crippen LogP contribution is -2.53. The van der Waals surface area contributed by atoms with Gasteiger partial charge in [0.2, 0.25) is 28.6 Å². The number of amides is 2. The molecule has 1 aliphatic rings. The summed E-state index contributed by atoms with van der Waals surface area (Å²) in [6.07, 6.45) is 2.11. The van der Waals surface area contributed by atoms with E-state index in [1.807, 2.05) is 26.8 Å². The van der Waals surface area contributed by atoms with Crippen molar-refractivity contribution < 1.29 is 32.2 Å². The molecule has 2 aromatic rings. The second kappa shape index (κ2) is 12.2. The number of anilines is 1. The second-order valence-electron chi connectivity index (χ2n) is 8.92. The maximum absolute atomic E-state index is 13.8. The quantitative estimate of drug-likeness (QED) is 0.446. The molecule has 1 aliphatic heterocycles. The van der Waals surface area contributed by atoms with Gasteiger partial charge in [0, 0.05) is 18.7 Å². The molecule has 0 aliphatic carbocycles. The molecule has 10 nitrogen and oxygen atoms in total. The van der Waals surface area contributed by atoms with Gasteiger partial charge in [0.05, 0.1) is 19.1 Å². The SMILES string of the molecule is CCC(C)NC(=O)C(CC)N(Cc1cccc(OC)c1)C(=O)CN(c1ccc2c(c1)OCO2)S(C)(=O)=O. The van der Waals surface area contributed by atoms with Crippen LogP contribution in [0.5, 0.6) is 17.2 Å². The number of hydrogen-bond donors (Lipinski definition) is 1. The summed E-state index contributed by atoms with van der Waals surface area (Å²) >= 11 is 0. The smallest absolute Gasteiger partial charge is 0.244 e. The number of nitrogens with one attached hydrogen (secondary N) is 1. The van der Waals surface area contributed by atoms with E-state index < -0.39 is 28.5 Å². The molecule has 11 heteroatoms. The van der Waals surface area contributed by atoms with Crippen molar-refractivity contribution >= 4 is 27.5 Å². The Morgan fingerprint density at radius 1 is 1.08 bits per heavy atom. The second-order valence-corrected chi connectivity index (χ2v) is 10.8. The first-order valence-corrected chi connectivity index (χ1v) is 14.0. The minimum absolute atomic E-state index is 0.0361. The molecule has 0 fully saturated rings. The lowest BCUT2D eigenvalue weighted by atomic mass is 10.1. The van der Waals surface area contributed by atoms with Gasteiger partial charge in [-0.05, 0) is 49.6 Å². The molecule has 2 atom stereocenters. The van der Waals surface area contributed by atoms with E-state index in [4.69, 9.17) is 14.2 Å². The number of carbonyl (C=O) groups excluding carboxylic acids is 2. The van der Waals surface area contributed by atoms with Gasteiger partial charge < -0.3 is 24.4 Å². The Hall–Kier alpha value is -3.47. The molecular weight excluding hydrogens is 498 g/mol. The summed E-state index contributed by atoms with van der Waals surface area (Å²) in [4.78, 5) is 28.4. The molecule has 1 heterocycles. The Kier molecular flexibility index (Phi) is 9.25. The number of methoxy groups -OCH3 is 1. The van der Waals surface area contributed by atoms with Crippen LogP contribution in [0.1, 0.15) is 39.2 Å². The Balaban J connectivity index is 1.96. The highest BCUT2D eigenvalue weighted by atomic mass is 32.2. The zero-order chi connectivity index (χ0) is 27.2. The maximum atomic E-state index is 13.8. The average molecular weight is 534 g/mol. The lowest BCUT2D eigenvalue weighted by molar-refractivity contribution is -0.140. The van der Waals surface area contributed by atoms with E-state index >= 15 is 0 Å². The molecule has 3 rings (SSSR count). The highest BCUT2D eigenvalue weighted by molar-refractivity contribution is 7.92. The van der Waals surface area contributed by atoms with Crippen LogP contribution in [0.15, 0.2) is 42.5 Å². The first kappa shape index (κ1) is 28.1. The molecule has 2 aromatic carbocycles. The van der Waals surface area contributed by atoms with E-state index in [9.17, 15) is 18.0 Å². The summed E-state index contributed by atoms with van der Waals surface area (Å²) in [6, 6.07) is 11.0. The molecule has 37 heavy (non-hydrogen) atoms. The van der Waals surface area contributed by atoms with E-state index in [0.717, 1.165) is 22.5 Å². The molecule has 1 N–H and O–H groups in total. The Bertz CT molecular complexity index is 1220. The fourth-order valence-corrected chi connectivity index (χ4v) is 4.82. The van der Waals surface area contributed by atoms with Gasteiger partial charge in [-0.1, -0.05) is 26.0 Å². The van der Waals surface area contributed by atoms with Crippen LogP contribution in [0.3, 0.4) is 0 Å². The molecule has 0 saturated carbocycles. The first-order chi connectivity index (χ1) is 17.6. The Morgan fingerprint density at radius 2 is 1.81 bits per heavy atom.